The minimum atomic E-state index is -3.73. The van der Waals surface area contributed by atoms with E-state index < -0.39 is 14.9 Å². The Bertz CT molecular complexity index is 674. The monoisotopic (exact) mass is 313 g/mol. The van der Waals surface area contributed by atoms with Crippen molar-refractivity contribution in [2.24, 2.45) is 11.1 Å². The van der Waals surface area contributed by atoms with E-state index in [4.69, 9.17) is 5.73 Å². The summed E-state index contributed by atoms with van der Waals surface area (Å²) in [7, 11) is -3.73. The highest BCUT2D eigenvalue weighted by Crippen LogP contribution is 2.34. The molecule has 1 aliphatic rings. The molecule has 116 valence electrons. The van der Waals surface area contributed by atoms with Crippen molar-refractivity contribution in [3.63, 3.8) is 0 Å². The van der Waals surface area contributed by atoms with Gasteiger partial charge in [-0.1, -0.05) is 13.0 Å². The number of nitrogens with two attached hydrogens (primary N) is 1. The predicted octanol–water partition coefficient (Wildman–Crippen LogP) is 1.26. The third-order valence-corrected chi connectivity index (χ3v) is 6.08. The van der Waals surface area contributed by atoms with Crippen molar-refractivity contribution in [2.45, 2.75) is 25.2 Å². The first-order chi connectivity index (χ1) is 9.71. The van der Waals surface area contributed by atoms with E-state index in [1.54, 1.807) is 0 Å². The van der Waals surface area contributed by atoms with E-state index in [0.717, 1.165) is 0 Å². The number of rotatable bonds is 4. The summed E-state index contributed by atoms with van der Waals surface area (Å²) in [4.78, 5) is 10.4. The number of nitro groups is 1. The Labute approximate surface area is 123 Å². The van der Waals surface area contributed by atoms with Gasteiger partial charge in [0.1, 0.15) is 0 Å². The van der Waals surface area contributed by atoms with Crippen LogP contribution in [0.5, 0.6) is 0 Å². The summed E-state index contributed by atoms with van der Waals surface area (Å²) in [5, 5.41) is 11.0. The first-order valence-corrected chi connectivity index (χ1v) is 8.09. The second-order valence-electron chi connectivity index (χ2n) is 5.76. The SMILES string of the molecule is Cc1c([N+](=O)[O-])cccc1S(=O)(=O)N1CCC(C)(CN)C1. The van der Waals surface area contributed by atoms with Gasteiger partial charge in [-0.15, -0.1) is 0 Å². The van der Waals surface area contributed by atoms with Gasteiger partial charge in [0.2, 0.25) is 10.0 Å². The van der Waals surface area contributed by atoms with Gasteiger partial charge in [0, 0.05) is 24.7 Å². The Hall–Kier alpha value is -1.51. The molecule has 1 aromatic carbocycles. The molecule has 1 heterocycles. The van der Waals surface area contributed by atoms with Gasteiger partial charge in [-0.25, -0.2) is 8.42 Å². The van der Waals surface area contributed by atoms with E-state index in [2.05, 4.69) is 0 Å². The van der Waals surface area contributed by atoms with Crippen LogP contribution in [0.2, 0.25) is 0 Å². The molecule has 0 bridgehead atoms. The molecule has 7 nitrogen and oxygen atoms in total. The summed E-state index contributed by atoms with van der Waals surface area (Å²) in [6.07, 6.45) is 0.691. The average Bonchev–Trinajstić information content (AvgIpc) is 2.82. The summed E-state index contributed by atoms with van der Waals surface area (Å²) < 4.78 is 26.8. The van der Waals surface area contributed by atoms with Crippen molar-refractivity contribution in [2.75, 3.05) is 19.6 Å². The molecule has 1 aromatic rings. The zero-order chi connectivity index (χ0) is 15.8. The third-order valence-electron chi connectivity index (χ3n) is 4.09. The lowest BCUT2D eigenvalue weighted by Crippen LogP contribution is -2.34. The first kappa shape index (κ1) is 15.9. The van der Waals surface area contributed by atoms with E-state index in [0.29, 0.717) is 26.1 Å². The molecule has 0 aromatic heterocycles. The third kappa shape index (κ3) is 2.78. The largest absolute Gasteiger partial charge is 0.330 e. The summed E-state index contributed by atoms with van der Waals surface area (Å²) in [6.45, 7) is 4.55. The summed E-state index contributed by atoms with van der Waals surface area (Å²) >= 11 is 0. The normalized spacial score (nSPS) is 23.4. The Kier molecular flexibility index (Phi) is 4.05. The molecule has 1 aliphatic heterocycles. The van der Waals surface area contributed by atoms with Crippen LogP contribution in [-0.4, -0.2) is 37.3 Å². The van der Waals surface area contributed by atoms with Crippen LogP contribution in [0.3, 0.4) is 0 Å². The fraction of sp³-hybridized carbons (Fsp3) is 0.538. The summed E-state index contributed by atoms with van der Waals surface area (Å²) in [5.41, 5.74) is 5.45. The van der Waals surface area contributed by atoms with Gasteiger partial charge in [-0.3, -0.25) is 10.1 Å². The first-order valence-electron chi connectivity index (χ1n) is 6.65. The highest BCUT2D eigenvalue weighted by molar-refractivity contribution is 7.89. The van der Waals surface area contributed by atoms with Gasteiger partial charge in [-0.05, 0) is 31.4 Å². The smallest absolute Gasteiger partial charge is 0.273 e. The molecule has 0 spiro atoms. The van der Waals surface area contributed by atoms with E-state index in [9.17, 15) is 18.5 Å². The molecule has 0 radical (unpaired) electrons. The van der Waals surface area contributed by atoms with E-state index in [-0.39, 0.29) is 21.6 Å². The molecule has 1 fully saturated rings. The molecule has 2 N–H and O–H groups in total. The number of hydrogen-bond donors (Lipinski definition) is 1. The number of nitro benzene ring substituents is 1. The maximum absolute atomic E-state index is 12.7. The Morgan fingerprint density at radius 1 is 1.48 bits per heavy atom. The van der Waals surface area contributed by atoms with Crippen molar-refractivity contribution in [1.82, 2.24) is 4.31 Å². The van der Waals surface area contributed by atoms with Crippen LogP contribution in [0, 0.1) is 22.5 Å². The molecule has 1 atom stereocenters. The van der Waals surface area contributed by atoms with Gasteiger partial charge in [0.25, 0.3) is 5.69 Å². The fourth-order valence-electron chi connectivity index (χ4n) is 2.57. The Morgan fingerprint density at radius 3 is 2.67 bits per heavy atom. The van der Waals surface area contributed by atoms with Crippen LogP contribution in [-0.2, 0) is 10.0 Å². The lowest BCUT2D eigenvalue weighted by molar-refractivity contribution is -0.385. The molecule has 0 amide bonds. The predicted molar refractivity (Wildman–Crippen MR) is 78.4 cm³/mol. The second kappa shape index (κ2) is 5.36. The maximum Gasteiger partial charge on any atom is 0.273 e. The van der Waals surface area contributed by atoms with Crippen LogP contribution >= 0.6 is 0 Å². The molecular weight excluding hydrogens is 294 g/mol. The molecule has 1 saturated heterocycles. The molecule has 2 rings (SSSR count). The number of sulfonamides is 1. The molecule has 0 saturated carbocycles. The van der Waals surface area contributed by atoms with Crippen molar-refractivity contribution in [1.29, 1.82) is 0 Å². The quantitative estimate of drug-likeness (QED) is 0.665. The summed E-state index contributed by atoms with van der Waals surface area (Å²) in [5.74, 6) is 0. The van der Waals surface area contributed by atoms with E-state index >= 15 is 0 Å². The molecule has 0 aliphatic carbocycles. The van der Waals surface area contributed by atoms with E-state index in [1.165, 1.54) is 29.4 Å². The van der Waals surface area contributed by atoms with Crippen LogP contribution in [0.4, 0.5) is 5.69 Å². The van der Waals surface area contributed by atoms with Gasteiger partial charge in [0.15, 0.2) is 0 Å². The summed E-state index contributed by atoms with van der Waals surface area (Å²) in [6, 6.07) is 4.12. The lowest BCUT2D eigenvalue weighted by Gasteiger charge is -2.22. The maximum atomic E-state index is 12.7. The van der Waals surface area contributed by atoms with E-state index in [1.807, 2.05) is 6.92 Å². The highest BCUT2D eigenvalue weighted by Gasteiger charge is 2.40. The fourth-order valence-corrected chi connectivity index (χ4v) is 4.40. The number of benzene rings is 1. The lowest BCUT2D eigenvalue weighted by atomic mass is 9.90. The number of nitrogens with zero attached hydrogens (tertiary/aromatic N) is 2. The van der Waals surface area contributed by atoms with Gasteiger partial charge in [-0.2, -0.15) is 4.31 Å². The second-order valence-corrected chi connectivity index (χ2v) is 7.67. The van der Waals surface area contributed by atoms with Crippen molar-refractivity contribution >= 4 is 15.7 Å². The van der Waals surface area contributed by atoms with Crippen LogP contribution < -0.4 is 5.73 Å². The Morgan fingerprint density at radius 2 is 2.14 bits per heavy atom. The van der Waals surface area contributed by atoms with Crippen molar-refractivity contribution in [3.05, 3.63) is 33.9 Å². The Balaban J connectivity index is 2.42. The standard InChI is InChI=1S/C13H19N3O4S/c1-10-11(16(17)18)4-3-5-12(10)21(19,20)15-7-6-13(2,8-14)9-15/h3-5H,6-9,14H2,1-2H3. The van der Waals surface area contributed by atoms with Crippen LogP contribution in [0.15, 0.2) is 23.1 Å². The average molecular weight is 313 g/mol. The topological polar surface area (TPSA) is 107 Å². The van der Waals surface area contributed by atoms with Crippen molar-refractivity contribution in [3.8, 4) is 0 Å². The number of hydrogen-bond acceptors (Lipinski definition) is 5. The van der Waals surface area contributed by atoms with Crippen molar-refractivity contribution < 1.29 is 13.3 Å². The van der Waals surface area contributed by atoms with Crippen LogP contribution in [0.25, 0.3) is 0 Å². The highest BCUT2D eigenvalue weighted by atomic mass is 32.2. The zero-order valence-electron chi connectivity index (χ0n) is 12.1. The minimum absolute atomic E-state index is 0.00188. The molecule has 1 unspecified atom stereocenters. The molecule has 21 heavy (non-hydrogen) atoms. The molecule has 8 heteroatoms. The van der Waals surface area contributed by atoms with Gasteiger partial charge < -0.3 is 5.73 Å². The van der Waals surface area contributed by atoms with Gasteiger partial charge in [0.05, 0.1) is 9.82 Å². The van der Waals surface area contributed by atoms with Crippen LogP contribution in [0.1, 0.15) is 18.9 Å². The minimum Gasteiger partial charge on any atom is -0.330 e. The molecular formula is C13H19N3O4S. The van der Waals surface area contributed by atoms with Gasteiger partial charge >= 0.3 is 0 Å². The zero-order valence-corrected chi connectivity index (χ0v) is 12.9.